The number of rotatable bonds is 8. The van der Waals surface area contributed by atoms with Crippen LogP contribution in [-0.4, -0.2) is 69.2 Å². The van der Waals surface area contributed by atoms with Crippen LogP contribution in [0.15, 0.2) is 29.4 Å². The van der Waals surface area contributed by atoms with Crippen LogP contribution in [0.3, 0.4) is 0 Å². The van der Waals surface area contributed by atoms with Crippen molar-refractivity contribution in [1.82, 2.24) is 20.5 Å². The minimum absolute atomic E-state index is 0.0631. The Kier molecular flexibility index (Phi) is 7.40. The van der Waals surface area contributed by atoms with Gasteiger partial charge in [0, 0.05) is 51.4 Å². The van der Waals surface area contributed by atoms with E-state index in [4.69, 9.17) is 4.74 Å². The van der Waals surface area contributed by atoms with Crippen molar-refractivity contribution in [3.63, 3.8) is 0 Å². The van der Waals surface area contributed by atoms with Gasteiger partial charge >= 0.3 is 0 Å². The maximum absolute atomic E-state index is 13.5. The van der Waals surface area contributed by atoms with E-state index in [0.717, 1.165) is 16.5 Å². The molecule has 0 fully saturated rings. The third-order valence-electron chi connectivity index (χ3n) is 3.89. The molecule has 1 aromatic heterocycles. The predicted octanol–water partition coefficient (Wildman–Crippen LogP) is 1.12. The summed E-state index contributed by atoms with van der Waals surface area (Å²) in [5.74, 6) is 0.213. The van der Waals surface area contributed by atoms with Crippen molar-refractivity contribution in [2.45, 2.75) is 6.42 Å². The number of fused-ring (bicyclic) bond motifs is 1. The number of aromatic amines is 1. The fourth-order valence-electron chi connectivity index (χ4n) is 2.41. The van der Waals surface area contributed by atoms with Gasteiger partial charge in [-0.15, -0.1) is 0 Å². The number of aliphatic imine (C=N–C) groups is 1. The minimum Gasteiger partial charge on any atom is -0.383 e. The summed E-state index contributed by atoms with van der Waals surface area (Å²) >= 11 is 0. The zero-order valence-electron chi connectivity index (χ0n) is 15.4. The van der Waals surface area contributed by atoms with E-state index >= 15 is 0 Å². The SMILES string of the molecule is COCCNC(=NCC(=O)N(C)C)NCCc1c[nH]c2ccc(F)cc12. The summed E-state index contributed by atoms with van der Waals surface area (Å²) in [7, 11) is 5.01. The first kappa shape index (κ1) is 19.7. The number of amides is 1. The summed E-state index contributed by atoms with van der Waals surface area (Å²) < 4.78 is 18.5. The van der Waals surface area contributed by atoms with Crippen molar-refractivity contribution in [3.8, 4) is 0 Å². The molecular formula is C18H26FN5O2. The van der Waals surface area contributed by atoms with Crippen LogP contribution in [0.25, 0.3) is 10.9 Å². The molecule has 8 heteroatoms. The topological polar surface area (TPSA) is 81.8 Å². The predicted molar refractivity (Wildman–Crippen MR) is 101 cm³/mol. The maximum atomic E-state index is 13.5. The van der Waals surface area contributed by atoms with Gasteiger partial charge in [0.05, 0.1) is 6.61 Å². The molecule has 26 heavy (non-hydrogen) atoms. The van der Waals surface area contributed by atoms with Crippen molar-refractivity contribution in [1.29, 1.82) is 0 Å². The van der Waals surface area contributed by atoms with Crippen molar-refractivity contribution in [3.05, 3.63) is 35.8 Å². The normalized spacial score (nSPS) is 11.6. The smallest absolute Gasteiger partial charge is 0.243 e. The molecule has 0 unspecified atom stereocenters. The lowest BCUT2D eigenvalue weighted by atomic mass is 10.1. The molecule has 2 aromatic rings. The number of methoxy groups -OCH3 is 1. The fraction of sp³-hybridized carbons (Fsp3) is 0.444. The number of hydrogen-bond acceptors (Lipinski definition) is 3. The highest BCUT2D eigenvalue weighted by Crippen LogP contribution is 2.19. The van der Waals surface area contributed by atoms with Gasteiger partial charge in [0.25, 0.3) is 0 Å². The van der Waals surface area contributed by atoms with Gasteiger partial charge < -0.3 is 25.3 Å². The molecule has 2 rings (SSSR count). The molecule has 0 radical (unpaired) electrons. The summed E-state index contributed by atoms with van der Waals surface area (Å²) in [6.45, 7) is 1.77. The van der Waals surface area contributed by atoms with E-state index in [2.05, 4.69) is 20.6 Å². The zero-order valence-corrected chi connectivity index (χ0v) is 15.4. The van der Waals surface area contributed by atoms with Crippen LogP contribution in [0.5, 0.6) is 0 Å². The first-order valence-corrected chi connectivity index (χ1v) is 8.48. The molecule has 0 aliphatic heterocycles. The summed E-state index contributed by atoms with van der Waals surface area (Å²) in [6.07, 6.45) is 2.58. The number of carbonyl (C=O) groups excluding carboxylic acids is 1. The number of nitrogens with zero attached hydrogens (tertiary/aromatic N) is 2. The van der Waals surface area contributed by atoms with Gasteiger partial charge in [0.15, 0.2) is 5.96 Å². The Bertz CT molecular complexity index is 757. The summed E-state index contributed by atoms with van der Waals surface area (Å²) in [5.41, 5.74) is 1.93. The van der Waals surface area contributed by atoms with Crippen LogP contribution in [0.1, 0.15) is 5.56 Å². The van der Waals surface area contributed by atoms with Gasteiger partial charge in [-0.25, -0.2) is 9.38 Å². The average Bonchev–Trinajstić information content (AvgIpc) is 3.01. The lowest BCUT2D eigenvalue weighted by Crippen LogP contribution is -2.40. The summed E-state index contributed by atoms with van der Waals surface area (Å²) in [6, 6.07) is 4.70. The molecule has 0 aliphatic carbocycles. The molecule has 0 spiro atoms. The molecule has 1 aromatic carbocycles. The molecule has 1 amide bonds. The van der Waals surface area contributed by atoms with E-state index < -0.39 is 0 Å². The van der Waals surface area contributed by atoms with Gasteiger partial charge in [-0.1, -0.05) is 0 Å². The largest absolute Gasteiger partial charge is 0.383 e. The number of halogens is 1. The monoisotopic (exact) mass is 363 g/mol. The molecule has 3 N–H and O–H groups in total. The van der Waals surface area contributed by atoms with E-state index in [-0.39, 0.29) is 18.3 Å². The van der Waals surface area contributed by atoms with Gasteiger partial charge in [0.2, 0.25) is 5.91 Å². The second kappa shape index (κ2) is 9.76. The number of likely N-dealkylation sites (N-methyl/N-ethyl adjacent to an activating group) is 1. The third kappa shape index (κ3) is 5.73. The molecule has 0 bridgehead atoms. The van der Waals surface area contributed by atoms with E-state index in [1.165, 1.54) is 17.0 Å². The highest BCUT2D eigenvalue weighted by molar-refractivity contribution is 5.85. The fourth-order valence-corrected chi connectivity index (χ4v) is 2.41. The van der Waals surface area contributed by atoms with Crippen LogP contribution < -0.4 is 10.6 Å². The van der Waals surface area contributed by atoms with Crippen LogP contribution in [-0.2, 0) is 16.0 Å². The first-order chi connectivity index (χ1) is 12.5. The van der Waals surface area contributed by atoms with Crippen LogP contribution in [0, 0.1) is 5.82 Å². The molecule has 1 heterocycles. The Morgan fingerprint density at radius 3 is 2.81 bits per heavy atom. The Hall–Kier alpha value is -2.61. The molecule has 0 aliphatic rings. The molecule has 0 atom stereocenters. The molecule has 7 nitrogen and oxygen atoms in total. The Balaban J connectivity index is 1.95. The number of guanidine groups is 1. The van der Waals surface area contributed by atoms with Gasteiger partial charge in [-0.2, -0.15) is 0 Å². The second-order valence-electron chi connectivity index (χ2n) is 6.05. The molecular weight excluding hydrogens is 337 g/mol. The molecule has 0 saturated heterocycles. The second-order valence-corrected chi connectivity index (χ2v) is 6.05. The van der Waals surface area contributed by atoms with Crippen LogP contribution in [0.4, 0.5) is 4.39 Å². The number of H-pyrrole nitrogens is 1. The standard InChI is InChI=1S/C18H26FN5O2/c1-24(2)17(25)12-23-18(21-8-9-26-3)20-7-6-13-11-22-16-5-4-14(19)10-15(13)16/h4-5,10-11,22H,6-9,12H2,1-3H3,(H2,20,21,23). The van der Waals surface area contributed by atoms with Gasteiger partial charge in [0.1, 0.15) is 12.4 Å². The van der Waals surface area contributed by atoms with Gasteiger partial charge in [-0.3, -0.25) is 4.79 Å². The van der Waals surface area contributed by atoms with E-state index in [1.54, 1.807) is 27.3 Å². The van der Waals surface area contributed by atoms with Crippen molar-refractivity contribution in [2.75, 3.05) is 47.4 Å². The number of nitrogens with one attached hydrogen (secondary N) is 3. The van der Waals surface area contributed by atoms with E-state index in [0.29, 0.717) is 32.1 Å². The quantitative estimate of drug-likeness (QED) is 0.373. The highest BCUT2D eigenvalue weighted by atomic mass is 19.1. The minimum atomic E-state index is -0.253. The average molecular weight is 363 g/mol. The van der Waals surface area contributed by atoms with Crippen molar-refractivity contribution >= 4 is 22.8 Å². The highest BCUT2D eigenvalue weighted by Gasteiger charge is 2.07. The van der Waals surface area contributed by atoms with E-state index in [9.17, 15) is 9.18 Å². The third-order valence-corrected chi connectivity index (χ3v) is 3.89. The Labute approximate surface area is 152 Å². The van der Waals surface area contributed by atoms with E-state index in [1.807, 2.05) is 6.20 Å². The number of carbonyl (C=O) groups is 1. The Morgan fingerprint density at radius 2 is 2.08 bits per heavy atom. The number of benzene rings is 1. The summed E-state index contributed by atoms with van der Waals surface area (Å²) in [5, 5.41) is 7.19. The van der Waals surface area contributed by atoms with Crippen molar-refractivity contribution < 1.29 is 13.9 Å². The van der Waals surface area contributed by atoms with Crippen LogP contribution >= 0.6 is 0 Å². The lowest BCUT2D eigenvalue weighted by Gasteiger charge is -2.13. The number of hydrogen-bond donors (Lipinski definition) is 3. The first-order valence-electron chi connectivity index (χ1n) is 8.48. The van der Waals surface area contributed by atoms with Gasteiger partial charge in [-0.05, 0) is 30.2 Å². The molecule has 0 saturated carbocycles. The zero-order chi connectivity index (χ0) is 18.9. The maximum Gasteiger partial charge on any atom is 0.243 e. The summed E-state index contributed by atoms with van der Waals surface area (Å²) in [4.78, 5) is 20.6. The number of aromatic nitrogens is 1. The Morgan fingerprint density at radius 1 is 1.31 bits per heavy atom. The lowest BCUT2D eigenvalue weighted by molar-refractivity contribution is -0.127. The molecule has 142 valence electrons. The van der Waals surface area contributed by atoms with Crippen molar-refractivity contribution in [2.24, 2.45) is 4.99 Å². The van der Waals surface area contributed by atoms with Crippen LogP contribution in [0.2, 0.25) is 0 Å². The number of ether oxygens (including phenoxy) is 1.